The number of ketones is 1. The molecule has 0 unspecified atom stereocenters. The van der Waals surface area contributed by atoms with Crippen molar-refractivity contribution in [2.75, 3.05) is 4.90 Å². The fraction of sp³-hybridized carbons (Fsp3) is 0.158. The van der Waals surface area contributed by atoms with Crippen molar-refractivity contribution >= 4 is 29.1 Å². The molecule has 116 valence electrons. The molecule has 3 rings (SSSR count). The van der Waals surface area contributed by atoms with Crippen LogP contribution in [0.1, 0.15) is 30.1 Å². The number of carbonyl (C=O) groups is 2. The van der Waals surface area contributed by atoms with E-state index in [1.807, 2.05) is 61.5 Å². The zero-order valence-corrected chi connectivity index (χ0v) is 13.7. The Balaban J connectivity index is 1.96. The summed E-state index contributed by atoms with van der Waals surface area (Å²) in [6, 6.07) is 17.0. The Morgan fingerprint density at radius 3 is 2.48 bits per heavy atom. The maximum Gasteiger partial charge on any atom is 0.231 e. The number of para-hydroxylation sites is 1. The van der Waals surface area contributed by atoms with Gasteiger partial charge in [0, 0.05) is 28.8 Å². The van der Waals surface area contributed by atoms with Gasteiger partial charge in [0.2, 0.25) is 11.7 Å². The van der Waals surface area contributed by atoms with Crippen LogP contribution in [-0.4, -0.2) is 11.7 Å². The third kappa shape index (κ3) is 3.22. The van der Waals surface area contributed by atoms with E-state index in [1.165, 1.54) is 11.8 Å². The molecule has 0 bridgehead atoms. The Labute approximate surface area is 140 Å². The molecule has 0 N–H and O–H groups in total. The van der Waals surface area contributed by atoms with Gasteiger partial charge >= 0.3 is 0 Å². The van der Waals surface area contributed by atoms with Gasteiger partial charge in [-0.25, -0.2) is 0 Å². The molecule has 0 aliphatic carbocycles. The lowest BCUT2D eigenvalue weighted by molar-refractivity contribution is -0.118. The Bertz CT molecular complexity index is 768. The van der Waals surface area contributed by atoms with Gasteiger partial charge in [0.25, 0.3) is 0 Å². The minimum Gasteiger partial charge on any atom is -0.288 e. The molecule has 0 saturated carbocycles. The third-order valence-corrected chi connectivity index (χ3v) is 4.68. The van der Waals surface area contributed by atoms with E-state index in [4.69, 9.17) is 0 Å². The number of allylic oxidation sites excluding steroid dienone is 1. The van der Waals surface area contributed by atoms with Crippen LogP contribution in [0.3, 0.4) is 0 Å². The van der Waals surface area contributed by atoms with Crippen LogP contribution in [0, 0.1) is 0 Å². The highest BCUT2D eigenvalue weighted by Gasteiger charge is 2.27. The molecule has 23 heavy (non-hydrogen) atoms. The summed E-state index contributed by atoms with van der Waals surface area (Å²) in [6.45, 7) is 1.97. The Kier molecular flexibility index (Phi) is 4.63. The second-order valence-corrected chi connectivity index (χ2v) is 6.35. The molecule has 0 saturated heterocycles. The second kappa shape index (κ2) is 6.84. The summed E-state index contributed by atoms with van der Waals surface area (Å²) in [6.07, 6.45) is 2.90. The maximum absolute atomic E-state index is 12.5. The molecule has 0 spiro atoms. The van der Waals surface area contributed by atoms with Gasteiger partial charge in [-0.05, 0) is 30.7 Å². The molecule has 0 fully saturated rings. The highest BCUT2D eigenvalue weighted by molar-refractivity contribution is 8.04. The van der Waals surface area contributed by atoms with Gasteiger partial charge in [-0.3, -0.25) is 14.5 Å². The largest absolute Gasteiger partial charge is 0.288 e. The normalized spacial score (nSPS) is 14.8. The molecular weight excluding hydrogens is 306 g/mol. The molecule has 3 nitrogen and oxygen atoms in total. The number of carbonyl (C=O) groups excluding carboxylic acids is 2. The van der Waals surface area contributed by atoms with Crippen LogP contribution in [-0.2, 0) is 4.79 Å². The van der Waals surface area contributed by atoms with Crippen LogP contribution >= 0.6 is 11.8 Å². The molecule has 1 amide bonds. The summed E-state index contributed by atoms with van der Waals surface area (Å²) >= 11 is 1.42. The number of anilines is 1. The lowest BCUT2D eigenvalue weighted by Crippen LogP contribution is -2.25. The van der Waals surface area contributed by atoms with Crippen molar-refractivity contribution < 1.29 is 9.59 Å². The average Bonchev–Trinajstić information content (AvgIpc) is 2.90. The van der Waals surface area contributed by atoms with Gasteiger partial charge in [-0.15, -0.1) is 0 Å². The van der Waals surface area contributed by atoms with Crippen LogP contribution in [0.4, 0.5) is 5.69 Å². The van der Waals surface area contributed by atoms with E-state index in [2.05, 4.69) is 0 Å². The number of hydrogen-bond donors (Lipinski definition) is 0. The first-order valence-corrected chi connectivity index (χ1v) is 8.43. The molecular formula is C19H17NO2S. The van der Waals surface area contributed by atoms with E-state index in [0.29, 0.717) is 16.9 Å². The molecule has 2 aromatic carbocycles. The molecule has 0 radical (unpaired) electrons. The molecule has 1 heterocycles. The number of rotatable bonds is 4. The summed E-state index contributed by atoms with van der Waals surface area (Å²) in [5, 5.41) is 0. The fourth-order valence-electron chi connectivity index (χ4n) is 2.46. The Morgan fingerprint density at radius 1 is 1.09 bits per heavy atom. The summed E-state index contributed by atoms with van der Waals surface area (Å²) in [5.74, 6) is -0.0219. The number of amides is 1. The SMILES string of the molecule is CCCC(=O)N(/C=C1\Sc2ccccc2C1=O)c1ccccc1. The first-order valence-electron chi connectivity index (χ1n) is 7.61. The monoisotopic (exact) mass is 323 g/mol. The highest BCUT2D eigenvalue weighted by Crippen LogP contribution is 2.40. The lowest BCUT2D eigenvalue weighted by Gasteiger charge is -2.19. The minimum absolute atomic E-state index is 0.00411. The van der Waals surface area contributed by atoms with Crippen molar-refractivity contribution in [2.24, 2.45) is 0 Å². The van der Waals surface area contributed by atoms with Crippen molar-refractivity contribution in [2.45, 2.75) is 24.7 Å². The number of hydrogen-bond acceptors (Lipinski definition) is 3. The number of nitrogens with zero attached hydrogens (tertiary/aromatic N) is 1. The van der Waals surface area contributed by atoms with Crippen LogP contribution in [0.15, 0.2) is 70.6 Å². The van der Waals surface area contributed by atoms with Gasteiger partial charge in [-0.1, -0.05) is 49.0 Å². The van der Waals surface area contributed by atoms with E-state index in [9.17, 15) is 9.59 Å². The molecule has 4 heteroatoms. The van der Waals surface area contributed by atoms with E-state index in [1.54, 1.807) is 11.1 Å². The van der Waals surface area contributed by atoms with E-state index >= 15 is 0 Å². The van der Waals surface area contributed by atoms with Crippen molar-refractivity contribution in [1.82, 2.24) is 0 Å². The van der Waals surface area contributed by atoms with Crippen molar-refractivity contribution in [3.8, 4) is 0 Å². The van der Waals surface area contributed by atoms with Crippen LogP contribution in [0.25, 0.3) is 0 Å². The van der Waals surface area contributed by atoms with Gasteiger partial charge in [0.1, 0.15) is 0 Å². The maximum atomic E-state index is 12.5. The predicted molar refractivity (Wildman–Crippen MR) is 93.5 cm³/mol. The number of fused-ring (bicyclic) bond motifs is 1. The standard InChI is InChI=1S/C19H17NO2S/c1-2-8-18(21)20(14-9-4-3-5-10-14)13-17-19(22)15-11-6-7-12-16(15)23-17/h3-7,9-13H,2,8H2,1H3/b17-13-. The topological polar surface area (TPSA) is 37.4 Å². The second-order valence-electron chi connectivity index (χ2n) is 5.27. The average molecular weight is 323 g/mol. The third-order valence-electron chi connectivity index (χ3n) is 3.59. The molecule has 0 atom stereocenters. The number of benzene rings is 2. The molecule has 1 aliphatic heterocycles. The summed E-state index contributed by atoms with van der Waals surface area (Å²) < 4.78 is 0. The van der Waals surface area contributed by atoms with Gasteiger partial charge < -0.3 is 0 Å². The van der Waals surface area contributed by atoms with Crippen molar-refractivity contribution in [1.29, 1.82) is 0 Å². The molecule has 2 aromatic rings. The zero-order chi connectivity index (χ0) is 16.2. The highest BCUT2D eigenvalue weighted by atomic mass is 32.2. The summed E-state index contributed by atoms with van der Waals surface area (Å²) in [4.78, 5) is 28.1. The van der Waals surface area contributed by atoms with E-state index in [0.717, 1.165) is 17.0 Å². The van der Waals surface area contributed by atoms with E-state index in [-0.39, 0.29) is 11.7 Å². The van der Waals surface area contributed by atoms with Crippen molar-refractivity contribution in [3.05, 3.63) is 71.3 Å². The first-order chi connectivity index (χ1) is 11.2. The van der Waals surface area contributed by atoms with Crippen LogP contribution in [0.2, 0.25) is 0 Å². The van der Waals surface area contributed by atoms with Crippen molar-refractivity contribution in [3.63, 3.8) is 0 Å². The van der Waals surface area contributed by atoms with Gasteiger partial charge in [0.05, 0.1) is 4.91 Å². The van der Waals surface area contributed by atoms with Crippen LogP contribution < -0.4 is 4.90 Å². The first kappa shape index (κ1) is 15.6. The fourth-order valence-corrected chi connectivity index (χ4v) is 3.47. The number of Topliss-reactive ketones (excluding diaryl/α,β-unsaturated/α-hetero) is 1. The Hall–Kier alpha value is -2.33. The minimum atomic E-state index is -0.0178. The smallest absolute Gasteiger partial charge is 0.231 e. The zero-order valence-electron chi connectivity index (χ0n) is 12.9. The summed E-state index contributed by atoms with van der Waals surface area (Å²) in [7, 11) is 0. The Morgan fingerprint density at radius 2 is 1.78 bits per heavy atom. The quantitative estimate of drug-likeness (QED) is 0.769. The molecule has 0 aromatic heterocycles. The predicted octanol–water partition coefficient (Wildman–Crippen LogP) is 4.65. The molecule has 1 aliphatic rings. The number of thioether (sulfide) groups is 1. The van der Waals surface area contributed by atoms with Gasteiger partial charge in [-0.2, -0.15) is 0 Å². The lowest BCUT2D eigenvalue weighted by atomic mass is 10.1. The van der Waals surface area contributed by atoms with E-state index < -0.39 is 0 Å². The van der Waals surface area contributed by atoms with Gasteiger partial charge in [0.15, 0.2) is 0 Å². The summed E-state index contributed by atoms with van der Waals surface area (Å²) in [5.41, 5.74) is 1.49. The van der Waals surface area contributed by atoms with Crippen LogP contribution in [0.5, 0.6) is 0 Å².